The van der Waals surface area contributed by atoms with Gasteiger partial charge in [-0.1, -0.05) is 35.9 Å². The number of aliphatic hydroxyl groups excluding tert-OH is 1. The molecular formula is C25H31N3O2. The predicted octanol–water partition coefficient (Wildman–Crippen LogP) is 4.85. The van der Waals surface area contributed by atoms with Crippen LogP contribution in [0.15, 0.2) is 36.4 Å². The van der Waals surface area contributed by atoms with Crippen LogP contribution >= 0.6 is 0 Å². The average molecular weight is 406 g/mol. The van der Waals surface area contributed by atoms with E-state index < -0.39 is 5.60 Å². The summed E-state index contributed by atoms with van der Waals surface area (Å²) in [5.41, 5.74) is 4.33. The Balaban J connectivity index is 1.76. The first kappa shape index (κ1) is 20.8. The molecule has 158 valence electrons. The first-order chi connectivity index (χ1) is 14.2. The Morgan fingerprint density at radius 2 is 1.80 bits per heavy atom. The van der Waals surface area contributed by atoms with E-state index in [0.717, 1.165) is 33.7 Å². The molecular weight excluding hydrogens is 374 g/mol. The first-order valence-electron chi connectivity index (χ1n) is 10.8. The van der Waals surface area contributed by atoms with Gasteiger partial charge in [0, 0.05) is 11.4 Å². The molecule has 1 heterocycles. The van der Waals surface area contributed by atoms with E-state index in [1.54, 1.807) is 0 Å². The van der Waals surface area contributed by atoms with Crippen LogP contribution in [0.25, 0.3) is 10.9 Å². The molecule has 3 N–H and O–H groups in total. The van der Waals surface area contributed by atoms with Crippen LogP contribution < -0.4 is 5.32 Å². The van der Waals surface area contributed by atoms with Crippen molar-refractivity contribution in [2.75, 3.05) is 5.32 Å². The summed E-state index contributed by atoms with van der Waals surface area (Å²) in [7, 11) is 0. The second kappa shape index (κ2) is 7.97. The van der Waals surface area contributed by atoms with Gasteiger partial charge in [0.05, 0.1) is 17.2 Å². The molecule has 1 saturated carbocycles. The lowest BCUT2D eigenvalue weighted by Gasteiger charge is -2.35. The Hall–Kier alpha value is -2.50. The molecule has 4 rings (SSSR count). The third-order valence-electron chi connectivity index (χ3n) is 6.32. The molecule has 1 aromatic heterocycles. The SMILES string of the molecule is Cc1cccc([C@@H](C)Nc2nc(C)nc3c(C)cc(C4(O)CCC(O)CC4)cc23)c1. The quantitative estimate of drug-likeness (QED) is 0.578. The van der Waals surface area contributed by atoms with Gasteiger partial charge in [0.25, 0.3) is 0 Å². The summed E-state index contributed by atoms with van der Waals surface area (Å²) >= 11 is 0. The molecule has 0 unspecified atom stereocenters. The van der Waals surface area contributed by atoms with Crippen LogP contribution in [-0.2, 0) is 5.60 Å². The average Bonchev–Trinajstić information content (AvgIpc) is 2.71. The standard InChI is InChI=1S/C25H31N3O2/c1-15-6-5-7-19(12-15)17(3)26-24-22-14-20(25(30)10-8-21(29)9-11-25)13-16(2)23(22)27-18(4)28-24/h5-7,12-14,17,21,29-30H,8-11H2,1-4H3,(H,26,27,28)/t17-,21?,25?/m1/s1. The molecule has 1 atom stereocenters. The van der Waals surface area contributed by atoms with Gasteiger partial charge in [-0.2, -0.15) is 0 Å². The molecule has 2 aromatic carbocycles. The molecule has 0 bridgehead atoms. The van der Waals surface area contributed by atoms with Crippen LogP contribution in [0.4, 0.5) is 5.82 Å². The van der Waals surface area contributed by atoms with Crippen molar-refractivity contribution in [3.8, 4) is 0 Å². The van der Waals surface area contributed by atoms with E-state index in [-0.39, 0.29) is 12.1 Å². The van der Waals surface area contributed by atoms with Gasteiger partial charge in [0.15, 0.2) is 0 Å². The number of aromatic nitrogens is 2. The number of anilines is 1. The van der Waals surface area contributed by atoms with Gasteiger partial charge in [-0.15, -0.1) is 0 Å². The zero-order valence-electron chi connectivity index (χ0n) is 18.2. The number of hydrogen-bond acceptors (Lipinski definition) is 5. The summed E-state index contributed by atoms with van der Waals surface area (Å²) < 4.78 is 0. The highest BCUT2D eigenvalue weighted by Gasteiger charge is 2.35. The van der Waals surface area contributed by atoms with Gasteiger partial charge in [0.2, 0.25) is 0 Å². The Morgan fingerprint density at radius 1 is 1.07 bits per heavy atom. The molecule has 30 heavy (non-hydrogen) atoms. The normalized spacial score (nSPS) is 22.8. The summed E-state index contributed by atoms with van der Waals surface area (Å²) in [4.78, 5) is 9.39. The maximum atomic E-state index is 11.3. The van der Waals surface area contributed by atoms with E-state index in [4.69, 9.17) is 4.98 Å². The monoisotopic (exact) mass is 405 g/mol. The summed E-state index contributed by atoms with van der Waals surface area (Å²) in [6.45, 7) is 8.17. The van der Waals surface area contributed by atoms with Crippen molar-refractivity contribution in [3.05, 3.63) is 64.5 Å². The number of rotatable bonds is 4. The molecule has 3 aromatic rings. The molecule has 1 aliphatic carbocycles. The lowest BCUT2D eigenvalue weighted by molar-refractivity contribution is -0.0360. The lowest BCUT2D eigenvalue weighted by atomic mass is 9.78. The maximum Gasteiger partial charge on any atom is 0.138 e. The van der Waals surface area contributed by atoms with Crippen LogP contribution in [0.2, 0.25) is 0 Å². The third kappa shape index (κ3) is 4.05. The topological polar surface area (TPSA) is 78.3 Å². The van der Waals surface area contributed by atoms with Crippen molar-refractivity contribution < 1.29 is 10.2 Å². The summed E-state index contributed by atoms with van der Waals surface area (Å²) in [5.74, 6) is 1.51. The van der Waals surface area contributed by atoms with E-state index in [1.165, 1.54) is 11.1 Å². The highest BCUT2D eigenvalue weighted by atomic mass is 16.3. The number of fused-ring (bicyclic) bond motifs is 1. The maximum absolute atomic E-state index is 11.3. The number of nitrogens with one attached hydrogen (secondary N) is 1. The molecule has 1 fully saturated rings. The Kier molecular flexibility index (Phi) is 5.51. The fourth-order valence-corrected chi connectivity index (χ4v) is 4.49. The fraction of sp³-hybridized carbons (Fsp3) is 0.440. The van der Waals surface area contributed by atoms with Gasteiger partial charge in [-0.25, -0.2) is 9.97 Å². The summed E-state index contributed by atoms with van der Waals surface area (Å²) in [6, 6.07) is 12.6. The van der Waals surface area contributed by atoms with Crippen molar-refractivity contribution in [1.82, 2.24) is 9.97 Å². The zero-order chi connectivity index (χ0) is 21.5. The fourth-order valence-electron chi connectivity index (χ4n) is 4.49. The van der Waals surface area contributed by atoms with E-state index in [2.05, 4.69) is 48.4 Å². The first-order valence-corrected chi connectivity index (χ1v) is 10.8. The molecule has 5 heteroatoms. The number of aliphatic hydroxyl groups is 2. The minimum absolute atomic E-state index is 0.0827. The van der Waals surface area contributed by atoms with E-state index >= 15 is 0 Å². The molecule has 5 nitrogen and oxygen atoms in total. The minimum atomic E-state index is -0.914. The Labute approximate surface area is 178 Å². The van der Waals surface area contributed by atoms with Gasteiger partial charge in [-0.3, -0.25) is 0 Å². The minimum Gasteiger partial charge on any atom is -0.393 e. The number of aryl methyl sites for hydroxylation is 3. The van der Waals surface area contributed by atoms with Gasteiger partial charge in [0.1, 0.15) is 11.6 Å². The van der Waals surface area contributed by atoms with Crippen molar-refractivity contribution in [2.24, 2.45) is 0 Å². The van der Waals surface area contributed by atoms with E-state index in [0.29, 0.717) is 25.7 Å². The third-order valence-corrected chi connectivity index (χ3v) is 6.32. The predicted molar refractivity (Wildman–Crippen MR) is 121 cm³/mol. The largest absolute Gasteiger partial charge is 0.393 e. The molecule has 0 radical (unpaired) electrons. The second-order valence-corrected chi connectivity index (χ2v) is 8.85. The zero-order valence-corrected chi connectivity index (χ0v) is 18.2. The Bertz CT molecular complexity index is 1070. The van der Waals surface area contributed by atoms with Crippen molar-refractivity contribution in [2.45, 2.75) is 71.1 Å². The number of nitrogens with zero attached hydrogens (tertiary/aromatic N) is 2. The van der Waals surface area contributed by atoms with E-state index in [9.17, 15) is 10.2 Å². The van der Waals surface area contributed by atoms with Crippen LogP contribution in [-0.4, -0.2) is 26.3 Å². The van der Waals surface area contributed by atoms with Crippen molar-refractivity contribution in [3.63, 3.8) is 0 Å². The van der Waals surface area contributed by atoms with Crippen LogP contribution in [0, 0.1) is 20.8 Å². The highest BCUT2D eigenvalue weighted by molar-refractivity contribution is 5.92. The molecule has 0 aliphatic heterocycles. The van der Waals surface area contributed by atoms with Crippen molar-refractivity contribution >= 4 is 16.7 Å². The molecule has 0 saturated heterocycles. The van der Waals surface area contributed by atoms with Crippen molar-refractivity contribution in [1.29, 1.82) is 0 Å². The highest BCUT2D eigenvalue weighted by Crippen LogP contribution is 2.40. The smallest absolute Gasteiger partial charge is 0.138 e. The summed E-state index contributed by atoms with van der Waals surface area (Å²) in [6.07, 6.45) is 2.05. The Morgan fingerprint density at radius 3 is 2.50 bits per heavy atom. The van der Waals surface area contributed by atoms with Gasteiger partial charge < -0.3 is 15.5 Å². The number of benzene rings is 2. The molecule has 1 aliphatic rings. The number of hydrogen-bond donors (Lipinski definition) is 3. The van der Waals surface area contributed by atoms with Gasteiger partial charge in [-0.05, 0) is 76.1 Å². The van der Waals surface area contributed by atoms with Crippen LogP contribution in [0.3, 0.4) is 0 Å². The lowest BCUT2D eigenvalue weighted by Crippen LogP contribution is -2.33. The second-order valence-electron chi connectivity index (χ2n) is 8.85. The van der Waals surface area contributed by atoms with Gasteiger partial charge >= 0.3 is 0 Å². The van der Waals surface area contributed by atoms with Crippen LogP contribution in [0.5, 0.6) is 0 Å². The molecule has 0 spiro atoms. The van der Waals surface area contributed by atoms with E-state index in [1.807, 2.05) is 26.0 Å². The molecule has 0 amide bonds. The summed E-state index contributed by atoms with van der Waals surface area (Å²) in [5, 5.41) is 25.7. The van der Waals surface area contributed by atoms with Crippen LogP contribution in [0.1, 0.15) is 66.7 Å².